The molecule has 0 aromatic heterocycles. The molecule has 2 aromatic rings. The molecule has 382 valence electrons. The van der Waals surface area contributed by atoms with Gasteiger partial charge in [-0.15, -0.1) is 0 Å². The van der Waals surface area contributed by atoms with E-state index in [1.807, 2.05) is 45.2 Å². The Bertz CT molecular complexity index is 2070. The van der Waals surface area contributed by atoms with Crippen molar-refractivity contribution in [3.05, 3.63) is 43.7 Å². The van der Waals surface area contributed by atoms with E-state index in [4.69, 9.17) is 9.47 Å². The van der Waals surface area contributed by atoms with Crippen molar-refractivity contribution >= 4 is 182 Å². The topological polar surface area (TPSA) is 358 Å². The minimum Gasteiger partial charge on any atom is -0.394 e. The van der Waals surface area contributed by atoms with Gasteiger partial charge < -0.3 is 86.5 Å². The number of amides is 6. The average Bonchev–Trinajstić information content (AvgIpc) is 3.27. The maximum absolute atomic E-state index is 13.7. The number of aliphatic hydroxyl groups excluding tert-OH is 9. The minimum absolute atomic E-state index is 0.0366. The summed E-state index contributed by atoms with van der Waals surface area (Å²) < 4.78 is 11.6. The van der Waals surface area contributed by atoms with E-state index < -0.39 is 118 Å². The smallest absolute Gasteiger partial charge is 0.253 e. The summed E-state index contributed by atoms with van der Waals surface area (Å²) in [6.45, 7) is -2.96. The Balaban J connectivity index is 2.50. The lowest BCUT2D eigenvalue weighted by atomic mass is 10.1. The Labute approximate surface area is 472 Å². The molecule has 0 aliphatic carbocycles. The van der Waals surface area contributed by atoms with Crippen LogP contribution in [-0.2, 0) is 19.1 Å². The van der Waals surface area contributed by atoms with Crippen molar-refractivity contribution in [3.63, 3.8) is 0 Å². The van der Waals surface area contributed by atoms with Gasteiger partial charge in [-0.05, 0) is 136 Å². The summed E-state index contributed by atoms with van der Waals surface area (Å²) in [5.41, 5.74) is -0.197. The van der Waals surface area contributed by atoms with Crippen LogP contribution >= 0.6 is 136 Å². The number of hydrogen-bond acceptors (Lipinski definition) is 17. The van der Waals surface area contributed by atoms with E-state index in [0.717, 1.165) is 9.80 Å². The first kappa shape index (κ1) is 63.3. The standard InChI is InChI=1S/C39H52I6N6O17/c1-16(55)50(34-30(42)24(36(63)46-4-18(57)10-52)28(40)25(31(34)43)37(64)47-5-19(58)11-53)8-22(61)14-68-15-23(62)9-51(17(2)56)35-32(44)26(38(65)48-6-20(59)12-54)29(41)27(33(35)45)39(66)49-7-21(60)13-67-3/h18-23,52-54,57-62H,4-15H2,1-3H3,(H,46,63)(H,47,64)(H,48,65)(H,49,66). The van der Waals surface area contributed by atoms with Gasteiger partial charge in [0, 0.05) is 54.3 Å². The summed E-state index contributed by atoms with van der Waals surface area (Å²) in [5, 5.41) is 100. The van der Waals surface area contributed by atoms with Crippen LogP contribution in [0.15, 0.2) is 0 Å². The molecule has 0 saturated heterocycles. The molecule has 2 aromatic carbocycles. The second-order valence-corrected chi connectivity index (χ2v) is 21.1. The van der Waals surface area contributed by atoms with Crippen molar-refractivity contribution in [1.82, 2.24) is 21.3 Å². The van der Waals surface area contributed by atoms with E-state index in [1.54, 1.807) is 90.4 Å². The van der Waals surface area contributed by atoms with Crippen LogP contribution in [0.2, 0.25) is 0 Å². The number of rotatable bonds is 27. The molecule has 68 heavy (non-hydrogen) atoms. The van der Waals surface area contributed by atoms with E-state index in [-0.39, 0.29) is 87.8 Å². The molecular weight excluding hydrogens is 1590 g/mol. The number of nitrogens with one attached hydrogen (secondary N) is 4. The molecule has 0 radical (unpaired) electrons. The number of anilines is 2. The quantitative estimate of drug-likeness (QED) is 0.0450. The lowest BCUT2D eigenvalue weighted by Crippen LogP contribution is -2.42. The highest BCUT2D eigenvalue weighted by molar-refractivity contribution is 14.1. The number of benzene rings is 2. The summed E-state index contributed by atoms with van der Waals surface area (Å²) in [4.78, 5) is 83.2. The summed E-state index contributed by atoms with van der Waals surface area (Å²) in [7, 11) is 1.36. The second kappa shape index (κ2) is 31.1. The Morgan fingerprint density at radius 3 is 0.956 bits per heavy atom. The number of methoxy groups -OCH3 is 1. The van der Waals surface area contributed by atoms with Gasteiger partial charge in [0.15, 0.2) is 0 Å². The average molecular weight is 1640 g/mol. The Morgan fingerprint density at radius 2 is 0.721 bits per heavy atom. The predicted octanol–water partition coefficient (Wildman–Crippen LogP) is -1.56. The monoisotopic (exact) mass is 1640 g/mol. The third-order valence-electron chi connectivity index (χ3n) is 9.19. The van der Waals surface area contributed by atoms with Gasteiger partial charge in [0.05, 0.1) is 137 Å². The molecule has 6 amide bonds. The zero-order chi connectivity index (χ0) is 51.7. The zero-order valence-corrected chi connectivity index (χ0v) is 49.3. The molecule has 0 saturated carbocycles. The Kier molecular flexibility index (Phi) is 28.9. The summed E-state index contributed by atoms with van der Waals surface area (Å²) in [5.74, 6) is -4.30. The molecular formula is C39H52I6N6O17. The molecule has 2 rings (SSSR count). The van der Waals surface area contributed by atoms with Crippen molar-refractivity contribution in [2.75, 3.05) is 95.8 Å². The lowest BCUT2D eigenvalue weighted by molar-refractivity contribution is -0.117. The van der Waals surface area contributed by atoms with Crippen LogP contribution in [0.5, 0.6) is 0 Å². The van der Waals surface area contributed by atoms with Gasteiger partial charge in [-0.3, -0.25) is 28.8 Å². The Hall–Kier alpha value is -0.800. The number of nitrogens with zero attached hydrogens (tertiary/aromatic N) is 2. The van der Waals surface area contributed by atoms with Crippen LogP contribution in [0.3, 0.4) is 0 Å². The van der Waals surface area contributed by atoms with Crippen LogP contribution in [0, 0.1) is 21.4 Å². The van der Waals surface area contributed by atoms with Crippen molar-refractivity contribution in [2.45, 2.75) is 50.5 Å². The van der Waals surface area contributed by atoms with Gasteiger partial charge in [0.1, 0.15) is 0 Å². The van der Waals surface area contributed by atoms with Crippen molar-refractivity contribution < 1.29 is 84.2 Å². The van der Waals surface area contributed by atoms with Gasteiger partial charge in [0.25, 0.3) is 23.6 Å². The molecule has 6 atom stereocenters. The first-order chi connectivity index (χ1) is 31.9. The maximum Gasteiger partial charge on any atom is 0.253 e. The molecule has 23 nitrogen and oxygen atoms in total. The van der Waals surface area contributed by atoms with Crippen LogP contribution in [0.4, 0.5) is 11.4 Å². The SMILES string of the molecule is COCC(O)CNC(=O)c1c(I)c(C(=O)NCC(O)CO)c(I)c(N(CC(O)COCC(O)CN(C(C)=O)c2c(I)c(C(=O)NCC(O)CO)c(I)c(C(=O)NCC(O)CO)c2I)C(C)=O)c1I. The predicted molar refractivity (Wildman–Crippen MR) is 295 cm³/mol. The van der Waals surface area contributed by atoms with Crippen LogP contribution in [0.25, 0.3) is 0 Å². The fourth-order valence-electron chi connectivity index (χ4n) is 5.84. The molecule has 0 spiro atoms. The van der Waals surface area contributed by atoms with Gasteiger partial charge in [0.2, 0.25) is 11.8 Å². The number of carbonyl (C=O) groups is 6. The van der Waals surface area contributed by atoms with Gasteiger partial charge in [-0.25, -0.2) is 0 Å². The number of ether oxygens (including phenoxy) is 2. The fourth-order valence-corrected chi connectivity index (χ4v) is 15.3. The highest BCUT2D eigenvalue weighted by Crippen LogP contribution is 2.40. The summed E-state index contributed by atoms with van der Waals surface area (Å²) in [6, 6.07) is 0. The fraction of sp³-hybridized carbons (Fsp3) is 0.538. The molecule has 29 heteroatoms. The molecule has 13 N–H and O–H groups in total. The van der Waals surface area contributed by atoms with Crippen molar-refractivity contribution in [2.24, 2.45) is 0 Å². The van der Waals surface area contributed by atoms with E-state index >= 15 is 0 Å². The van der Waals surface area contributed by atoms with Gasteiger partial charge in [-0.2, -0.15) is 0 Å². The zero-order valence-electron chi connectivity index (χ0n) is 36.4. The van der Waals surface area contributed by atoms with E-state index in [9.17, 15) is 74.7 Å². The van der Waals surface area contributed by atoms with E-state index in [2.05, 4.69) is 21.3 Å². The molecule has 0 fully saturated rings. The normalized spacial score (nSPS) is 14.0. The van der Waals surface area contributed by atoms with Crippen LogP contribution in [0.1, 0.15) is 55.3 Å². The highest BCUT2D eigenvalue weighted by Gasteiger charge is 2.34. The van der Waals surface area contributed by atoms with Crippen LogP contribution < -0.4 is 31.1 Å². The van der Waals surface area contributed by atoms with Gasteiger partial charge >= 0.3 is 0 Å². The summed E-state index contributed by atoms with van der Waals surface area (Å²) in [6.07, 6.45) is -7.94. The highest BCUT2D eigenvalue weighted by atomic mass is 127. The number of aliphatic hydroxyl groups is 9. The molecule has 0 aliphatic heterocycles. The third kappa shape index (κ3) is 18.0. The Morgan fingerprint density at radius 1 is 0.456 bits per heavy atom. The van der Waals surface area contributed by atoms with E-state index in [1.165, 1.54) is 21.0 Å². The number of carbonyl (C=O) groups excluding carboxylic acids is 6. The largest absolute Gasteiger partial charge is 0.394 e. The number of halogens is 6. The summed E-state index contributed by atoms with van der Waals surface area (Å²) >= 11 is 10.8. The molecule has 6 unspecified atom stereocenters. The van der Waals surface area contributed by atoms with Crippen LogP contribution in [-0.4, -0.2) is 204 Å². The van der Waals surface area contributed by atoms with Crippen molar-refractivity contribution in [3.8, 4) is 0 Å². The first-order valence-corrected chi connectivity index (χ1v) is 26.4. The molecule has 0 bridgehead atoms. The molecule has 0 aliphatic rings. The third-order valence-corrected chi connectivity index (χ3v) is 15.5. The van der Waals surface area contributed by atoms with Gasteiger partial charge in [-0.1, -0.05) is 0 Å². The lowest BCUT2D eigenvalue weighted by Gasteiger charge is -2.30. The second-order valence-electron chi connectivity index (χ2n) is 14.6. The first-order valence-electron chi connectivity index (χ1n) is 20.0. The number of hydrogen-bond donors (Lipinski definition) is 13. The minimum atomic E-state index is -1.47. The van der Waals surface area contributed by atoms with Crippen molar-refractivity contribution in [1.29, 1.82) is 0 Å². The van der Waals surface area contributed by atoms with E-state index in [0.29, 0.717) is 0 Å². The maximum atomic E-state index is 13.7. The molecule has 0 heterocycles.